The highest BCUT2D eigenvalue weighted by atomic mass is 79.9. The van der Waals surface area contributed by atoms with Gasteiger partial charge in [0.05, 0.1) is 6.61 Å². The summed E-state index contributed by atoms with van der Waals surface area (Å²) in [4.78, 5) is 0. The van der Waals surface area contributed by atoms with Gasteiger partial charge >= 0.3 is 0 Å². The lowest BCUT2D eigenvalue weighted by atomic mass is 10.2. The summed E-state index contributed by atoms with van der Waals surface area (Å²) in [5.74, 6) is 0.662. The van der Waals surface area contributed by atoms with E-state index in [-0.39, 0.29) is 5.82 Å². The first kappa shape index (κ1) is 15.0. The van der Waals surface area contributed by atoms with Crippen LogP contribution in [0.15, 0.2) is 46.9 Å². The van der Waals surface area contributed by atoms with E-state index in [2.05, 4.69) is 21.2 Å². The Labute approximate surface area is 127 Å². The average Bonchev–Trinajstić information content (AvgIpc) is 2.45. The number of nitrogens with one attached hydrogen (secondary N) is 1. The third kappa shape index (κ3) is 4.32. The van der Waals surface area contributed by atoms with Gasteiger partial charge in [-0.15, -0.1) is 0 Å². The molecule has 0 atom stereocenters. The number of rotatable bonds is 6. The Kier molecular flexibility index (Phi) is 5.56. The normalized spacial score (nSPS) is 10.6. The molecule has 0 aliphatic heterocycles. The summed E-state index contributed by atoms with van der Waals surface area (Å²) in [6.07, 6.45) is 0. The zero-order chi connectivity index (χ0) is 14.4. The Morgan fingerprint density at radius 1 is 1.10 bits per heavy atom. The number of hydrogen-bond donors (Lipinski definition) is 1. The average molecular weight is 338 g/mol. The van der Waals surface area contributed by atoms with Gasteiger partial charge in [-0.05, 0) is 48.4 Å². The van der Waals surface area contributed by atoms with Crippen LogP contribution in [-0.2, 0) is 13.1 Å². The second-order valence-corrected chi connectivity index (χ2v) is 5.27. The van der Waals surface area contributed by atoms with E-state index in [0.29, 0.717) is 13.2 Å². The minimum Gasteiger partial charge on any atom is -0.494 e. The van der Waals surface area contributed by atoms with Crippen LogP contribution in [0.1, 0.15) is 18.1 Å². The molecule has 106 valence electrons. The van der Waals surface area contributed by atoms with Gasteiger partial charge in [0, 0.05) is 17.6 Å². The van der Waals surface area contributed by atoms with Gasteiger partial charge in [-0.3, -0.25) is 0 Å². The van der Waals surface area contributed by atoms with Gasteiger partial charge in [-0.2, -0.15) is 0 Å². The van der Waals surface area contributed by atoms with Gasteiger partial charge in [-0.1, -0.05) is 28.1 Å². The SMILES string of the molecule is CCOc1ccc(CNCc2cc(F)ccc2Br)cc1. The van der Waals surface area contributed by atoms with Crippen molar-refractivity contribution in [2.75, 3.05) is 6.61 Å². The maximum Gasteiger partial charge on any atom is 0.123 e. The van der Waals surface area contributed by atoms with E-state index in [1.165, 1.54) is 17.7 Å². The van der Waals surface area contributed by atoms with Crippen molar-refractivity contribution in [2.24, 2.45) is 0 Å². The molecule has 0 aliphatic carbocycles. The summed E-state index contributed by atoms with van der Waals surface area (Å²) < 4.78 is 19.5. The van der Waals surface area contributed by atoms with Crippen LogP contribution in [0.4, 0.5) is 4.39 Å². The van der Waals surface area contributed by atoms with Crippen LogP contribution in [0.5, 0.6) is 5.75 Å². The van der Waals surface area contributed by atoms with E-state index in [9.17, 15) is 4.39 Å². The molecule has 20 heavy (non-hydrogen) atoms. The van der Waals surface area contributed by atoms with Gasteiger partial charge in [-0.25, -0.2) is 4.39 Å². The van der Waals surface area contributed by atoms with Crippen molar-refractivity contribution in [3.63, 3.8) is 0 Å². The predicted molar refractivity (Wildman–Crippen MR) is 82.3 cm³/mol. The van der Waals surface area contributed by atoms with Crippen molar-refractivity contribution >= 4 is 15.9 Å². The van der Waals surface area contributed by atoms with Crippen LogP contribution in [0, 0.1) is 5.82 Å². The molecule has 0 bridgehead atoms. The lowest BCUT2D eigenvalue weighted by Gasteiger charge is -2.08. The number of ether oxygens (including phenoxy) is 1. The lowest BCUT2D eigenvalue weighted by Crippen LogP contribution is -2.13. The predicted octanol–water partition coefficient (Wildman–Crippen LogP) is 4.28. The summed E-state index contributed by atoms with van der Waals surface area (Å²) in [6, 6.07) is 12.7. The molecule has 2 aromatic carbocycles. The highest BCUT2D eigenvalue weighted by Gasteiger charge is 2.02. The molecule has 0 saturated heterocycles. The molecular formula is C16H17BrFNO. The van der Waals surface area contributed by atoms with Crippen molar-refractivity contribution in [1.82, 2.24) is 5.32 Å². The van der Waals surface area contributed by atoms with Crippen LogP contribution >= 0.6 is 15.9 Å². The Hall–Kier alpha value is -1.39. The van der Waals surface area contributed by atoms with Crippen molar-refractivity contribution in [1.29, 1.82) is 0 Å². The molecule has 0 amide bonds. The molecule has 0 unspecified atom stereocenters. The standard InChI is InChI=1S/C16H17BrFNO/c1-2-20-15-6-3-12(4-7-15)10-19-11-13-9-14(18)5-8-16(13)17/h3-9,19H,2,10-11H2,1H3. The molecule has 0 saturated carbocycles. The van der Waals surface area contributed by atoms with E-state index >= 15 is 0 Å². The summed E-state index contributed by atoms with van der Waals surface area (Å²) in [5.41, 5.74) is 2.08. The quantitative estimate of drug-likeness (QED) is 0.849. The van der Waals surface area contributed by atoms with E-state index < -0.39 is 0 Å². The summed E-state index contributed by atoms with van der Waals surface area (Å²) in [7, 11) is 0. The Morgan fingerprint density at radius 3 is 2.55 bits per heavy atom. The second kappa shape index (κ2) is 7.41. The zero-order valence-electron chi connectivity index (χ0n) is 11.3. The van der Waals surface area contributed by atoms with E-state index in [1.807, 2.05) is 31.2 Å². The van der Waals surface area contributed by atoms with Crippen LogP contribution < -0.4 is 10.1 Å². The molecule has 0 spiro atoms. The van der Waals surface area contributed by atoms with Crippen molar-refractivity contribution in [3.05, 3.63) is 63.9 Å². The largest absolute Gasteiger partial charge is 0.494 e. The van der Waals surface area contributed by atoms with Gasteiger partial charge < -0.3 is 10.1 Å². The minimum atomic E-state index is -0.217. The van der Waals surface area contributed by atoms with Crippen LogP contribution in [-0.4, -0.2) is 6.61 Å². The first-order valence-corrected chi connectivity index (χ1v) is 7.34. The molecule has 4 heteroatoms. The third-order valence-electron chi connectivity index (χ3n) is 2.89. The molecule has 0 heterocycles. The maximum absolute atomic E-state index is 13.2. The number of hydrogen-bond acceptors (Lipinski definition) is 2. The van der Waals surface area contributed by atoms with E-state index in [0.717, 1.165) is 22.3 Å². The van der Waals surface area contributed by atoms with Gasteiger partial charge in [0.25, 0.3) is 0 Å². The van der Waals surface area contributed by atoms with Crippen molar-refractivity contribution in [2.45, 2.75) is 20.0 Å². The minimum absolute atomic E-state index is 0.217. The first-order chi connectivity index (χ1) is 9.69. The van der Waals surface area contributed by atoms with Gasteiger partial charge in [0.15, 0.2) is 0 Å². The molecular weight excluding hydrogens is 321 g/mol. The number of benzene rings is 2. The lowest BCUT2D eigenvalue weighted by molar-refractivity contribution is 0.340. The summed E-state index contributed by atoms with van der Waals surface area (Å²) in [5, 5.41) is 3.30. The number of halogens is 2. The van der Waals surface area contributed by atoms with E-state index in [4.69, 9.17) is 4.74 Å². The Bertz CT molecular complexity index is 557. The van der Waals surface area contributed by atoms with Crippen LogP contribution in [0.3, 0.4) is 0 Å². The molecule has 0 radical (unpaired) electrons. The molecule has 1 N–H and O–H groups in total. The van der Waals surface area contributed by atoms with Crippen LogP contribution in [0.2, 0.25) is 0 Å². The Balaban J connectivity index is 1.87. The second-order valence-electron chi connectivity index (χ2n) is 4.42. The van der Waals surface area contributed by atoms with Crippen LogP contribution in [0.25, 0.3) is 0 Å². The molecule has 0 aromatic heterocycles. The molecule has 0 aliphatic rings. The fourth-order valence-corrected chi connectivity index (χ4v) is 2.28. The topological polar surface area (TPSA) is 21.3 Å². The molecule has 2 rings (SSSR count). The highest BCUT2D eigenvalue weighted by molar-refractivity contribution is 9.10. The zero-order valence-corrected chi connectivity index (χ0v) is 12.9. The summed E-state index contributed by atoms with van der Waals surface area (Å²) >= 11 is 3.42. The van der Waals surface area contributed by atoms with Gasteiger partial charge in [0.2, 0.25) is 0 Å². The fourth-order valence-electron chi connectivity index (χ4n) is 1.89. The monoisotopic (exact) mass is 337 g/mol. The maximum atomic E-state index is 13.2. The summed E-state index contributed by atoms with van der Waals surface area (Å²) in [6.45, 7) is 3.98. The molecule has 0 fully saturated rings. The first-order valence-electron chi connectivity index (χ1n) is 6.55. The third-order valence-corrected chi connectivity index (χ3v) is 3.66. The smallest absolute Gasteiger partial charge is 0.123 e. The Morgan fingerprint density at radius 2 is 1.85 bits per heavy atom. The van der Waals surface area contributed by atoms with Gasteiger partial charge in [0.1, 0.15) is 11.6 Å². The highest BCUT2D eigenvalue weighted by Crippen LogP contribution is 2.18. The van der Waals surface area contributed by atoms with Crippen molar-refractivity contribution in [3.8, 4) is 5.75 Å². The van der Waals surface area contributed by atoms with Crippen molar-refractivity contribution < 1.29 is 9.13 Å². The molecule has 2 aromatic rings. The molecule has 2 nitrogen and oxygen atoms in total. The van der Waals surface area contributed by atoms with E-state index in [1.54, 1.807) is 6.07 Å². The fraction of sp³-hybridized carbons (Fsp3) is 0.250.